The van der Waals surface area contributed by atoms with E-state index in [-0.39, 0.29) is 17.5 Å². The largest absolute Gasteiger partial charge is 0.354 e. The van der Waals surface area contributed by atoms with Crippen LogP contribution in [-0.4, -0.2) is 44.7 Å². The van der Waals surface area contributed by atoms with Crippen molar-refractivity contribution in [3.63, 3.8) is 0 Å². The number of likely N-dealkylation sites (tertiary alicyclic amines) is 1. The number of non-ortho nitro benzene ring substituents is 1. The number of carbonyl (C=O) groups is 2. The molecule has 10 nitrogen and oxygen atoms in total. The number of nitro groups is 1. The fourth-order valence-electron chi connectivity index (χ4n) is 5.41. The van der Waals surface area contributed by atoms with Crippen molar-refractivity contribution in [2.24, 2.45) is 0 Å². The van der Waals surface area contributed by atoms with E-state index >= 15 is 0 Å². The van der Waals surface area contributed by atoms with E-state index in [4.69, 9.17) is 0 Å². The summed E-state index contributed by atoms with van der Waals surface area (Å²) in [5, 5.41) is 17.8. The molecule has 3 aromatic carbocycles. The molecule has 43 heavy (non-hydrogen) atoms. The molecule has 2 aliphatic rings. The number of nitro benzene ring substituents is 1. The standard InChI is InChI=1S/C33H30N6O4/c40-30-4-2-18-38(30)17-1-3-22-5-10-24(11-6-22)32(31-28-19-27(39(42)43)15-16-29(28)37-33(31)41)36-25-12-7-23(8-13-25)9-14-26-20-34-21-35-26/h5-16,19-21,36H,1-4,17-18H2,(H,34,35)(H,37,41)/b14-9+,32-31-. The van der Waals surface area contributed by atoms with Crippen LogP contribution in [0.1, 0.15) is 47.2 Å². The molecule has 0 atom stereocenters. The molecule has 1 aromatic heterocycles. The number of aromatic nitrogens is 2. The van der Waals surface area contributed by atoms with E-state index in [9.17, 15) is 19.7 Å². The second-order valence-corrected chi connectivity index (χ2v) is 10.6. The number of H-pyrrole nitrogens is 1. The van der Waals surface area contributed by atoms with Crippen LogP contribution in [0.15, 0.2) is 79.3 Å². The number of amides is 2. The number of hydrogen-bond donors (Lipinski definition) is 3. The van der Waals surface area contributed by atoms with Crippen molar-refractivity contribution < 1.29 is 14.5 Å². The van der Waals surface area contributed by atoms with Crippen molar-refractivity contribution in [1.82, 2.24) is 14.9 Å². The number of aryl methyl sites for hydroxylation is 1. The minimum absolute atomic E-state index is 0.0908. The number of nitrogens with one attached hydrogen (secondary N) is 3. The summed E-state index contributed by atoms with van der Waals surface area (Å²) in [6, 6.07) is 20.1. The Morgan fingerprint density at radius 2 is 1.86 bits per heavy atom. The Balaban J connectivity index is 1.29. The summed E-state index contributed by atoms with van der Waals surface area (Å²) in [6.07, 6.45) is 10.6. The van der Waals surface area contributed by atoms with E-state index in [0.29, 0.717) is 28.9 Å². The molecule has 0 spiro atoms. The molecule has 2 aliphatic heterocycles. The number of benzene rings is 3. The third-order valence-corrected chi connectivity index (χ3v) is 7.66. The predicted octanol–water partition coefficient (Wildman–Crippen LogP) is 5.98. The summed E-state index contributed by atoms with van der Waals surface area (Å²) < 4.78 is 0. The first-order valence-corrected chi connectivity index (χ1v) is 14.2. The summed E-state index contributed by atoms with van der Waals surface area (Å²) >= 11 is 0. The van der Waals surface area contributed by atoms with Crippen molar-refractivity contribution in [2.75, 3.05) is 23.7 Å². The lowest BCUT2D eigenvalue weighted by molar-refractivity contribution is -0.384. The van der Waals surface area contributed by atoms with Gasteiger partial charge >= 0.3 is 0 Å². The maximum absolute atomic E-state index is 13.3. The van der Waals surface area contributed by atoms with E-state index in [2.05, 4.69) is 20.6 Å². The molecule has 0 saturated carbocycles. The summed E-state index contributed by atoms with van der Waals surface area (Å²) in [7, 11) is 0. The van der Waals surface area contributed by atoms with Gasteiger partial charge in [-0.3, -0.25) is 19.7 Å². The second-order valence-electron chi connectivity index (χ2n) is 10.6. The molecule has 3 heterocycles. The average Bonchev–Trinajstić information content (AvgIpc) is 3.76. The first-order valence-electron chi connectivity index (χ1n) is 14.2. The Labute approximate surface area is 248 Å². The van der Waals surface area contributed by atoms with Crippen LogP contribution in [0.5, 0.6) is 0 Å². The Bertz CT molecular complexity index is 1720. The Morgan fingerprint density at radius 3 is 2.56 bits per heavy atom. The molecule has 6 rings (SSSR count). The number of carbonyl (C=O) groups excluding carboxylic acids is 2. The fraction of sp³-hybridized carbons (Fsp3) is 0.182. The van der Waals surface area contributed by atoms with Crippen LogP contribution in [0.4, 0.5) is 17.1 Å². The highest BCUT2D eigenvalue weighted by atomic mass is 16.6. The van der Waals surface area contributed by atoms with Gasteiger partial charge in [0.1, 0.15) is 0 Å². The molecular formula is C33H30N6O4. The van der Waals surface area contributed by atoms with Crippen molar-refractivity contribution in [2.45, 2.75) is 25.7 Å². The summed E-state index contributed by atoms with van der Waals surface area (Å²) in [4.78, 5) is 45.3. The van der Waals surface area contributed by atoms with Crippen molar-refractivity contribution in [1.29, 1.82) is 0 Å². The lowest BCUT2D eigenvalue weighted by atomic mass is 9.98. The normalized spacial score (nSPS) is 15.6. The molecule has 0 radical (unpaired) electrons. The number of aromatic amines is 1. The third kappa shape index (κ3) is 6.23. The van der Waals surface area contributed by atoms with Crippen LogP contribution >= 0.6 is 0 Å². The SMILES string of the molecule is O=C1Nc2ccc([N+](=O)[O-])cc2/C1=C(/Nc1ccc(/C=C/c2c[nH]cn2)cc1)c1ccc(CCCN2CCCC2=O)cc1. The zero-order chi connectivity index (χ0) is 29.8. The highest BCUT2D eigenvalue weighted by Crippen LogP contribution is 2.39. The number of hydrogen-bond acceptors (Lipinski definition) is 6. The molecule has 0 aliphatic carbocycles. The molecule has 1 saturated heterocycles. The highest BCUT2D eigenvalue weighted by Gasteiger charge is 2.30. The average molecular weight is 575 g/mol. The van der Waals surface area contributed by atoms with Gasteiger partial charge in [0, 0.05) is 54.8 Å². The molecule has 0 unspecified atom stereocenters. The molecule has 3 N–H and O–H groups in total. The number of fused-ring (bicyclic) bond motifs is 1. The summed E-state index contributed by atoms with van der Waals surface area (Å²) in [5.41, 5.74) is 6.23. The lowest BCUT2D eigenvalue weighted by Gasteiger charge is -2.16. The molecule has 10 heteroatoms. The first kappa shape index (κ1) is 27.6. The van der Waals surface area contributed by atoms with Crippen LogP contribution in [0.25, 0.3) is 23.4 Å². The zero-order valence-electron chi connectivity index (χ0n) is 23.4. The van der Waals surface area contributed by atoms with E-state index in [1.807, 2.05) is 65.6 Å². The van der Waals surface area contributed by atoms with Crippen molar-refractivity contribution >= 4 is 52.3 Å². The Morgan fingerprint density at radius 1 is 1.05 bits per heavy atom. The van der Waals surface area contributed by atoms with Gasteiger partial charge in [0.2, 0.25) is 5.91 Å². The molecule has 2 amide bonds. The van der Waals surface area contributed by atoms with E-state index in [1.54, 1.807) is 18.6 Å². The van der Waals surface area contributed by atoms with Gasteiger partial charge in [0.05, 0.1) is 28.2 Å². The van der Waals surface area contributed by atoms with Gasteiger partial charge in [-0.1, -0.05) is 42.5 Å². The highest BCUT2D eigenvalue weighted by molar-refractivity contribution is 6.37. The fourth-order valence-corrected chi connectivity index (χ4v) is 5.41. The monoisotopic (exact) mass is 574 g/mol. The van der Waals surface area contributed by atoms with Gasteiger partial charge in [-0.25, -0.2) is 4.98 Å². The zero-order valence-corrected chi connectivity index (χ0v) is 23.4. The van der Waals surface area contributed by atoms with E-state index in [1.165, 1.54) is 12.1 Å². The number of imidazole rings is 1. The third-order valence-electron chi connectivity index (χ3n) is 7.66. The van der Waals surface area contributed by atoms with Gasteiger partial charge < -0.3 is 20.5 Å². The number of nitrogens with zero attached hydrogens (tertiary/aromatic N) is 3. The quantitative estimate of drug-likeness (QED) is 0.121. The minimum atomic E-state index is -0.465. The molecule has 0 bridgehead atoms. The van der Waals surface area contributed by atoms with Gasteiger partial charge in [0.15, 0.2) is 0 Å². The van der Waals surface area contributed by atoms with Gasteiger partial charge in [-0.15, -0.1) is 0 Å². The van der Waals surface area contributed by atoms with Crippen molar-refractivity contribution in [3.05, 3.63) is 117 Å². The molecule has 216 valence electrons. The van der Waals surface area contributed by atoms with Crippen LogP contribution in [0.3, 0.4) is 0 Å². The van der Waals surface area contributed by atoms with Gasteiger partial charge in [-0.2, -0.15) is 0 Å². The van der Waals surface area contributed by atoms with Crippen LogP contribution < -0.4 is 10.6 Å². The minimum Gasteiger partial charge on any atom is -0.354 e. The molecule has 1 fully saturated rings. The molecule has 4 aromatic rings. The maximum atomic E-state index is 13.3. The van der Waals surface area contributed by atoms with Crippen molar-refractivity contribution in [3.8, 4) is 0 Å². The predicted molar refractivity (Wildman–Crippen MR) is 167 cm³/mol. The second kappa shape index (κ2) is 12.2. The number of rotatable bonds is 10. The Hall–Kier alpha value is -5.51. The van der Waals surface area contributed by atoms with Gasteiger partial charge in [-0.05, 0) is 60.2 Å². The smallest absolute Gasteiger partial charge is 0.270 e. The summed E-state index contributed by atoms with van der Waals surface area (Å²) in [6.45, 7) is 1.59. The van der Waals surface area contributed by atoms with E-state index < -0.39 is 4.92 Å². The van der Waals surface area contributed by atoms with Crippen LogP contribution in [0.2, 0.25) is 0 Å². The summed E-state index contributed by atoms with van der Waals surface area (Å²) in [5.74, 6) is -0.106. The van der Waals surface area contributed by atoms with Crippen LogP contribution in [0, 0.1) is 10.1 Å². The molecular weight excluding hydrogens is 544 g/mol. The lowest BCUT2D eigenvalue weighted by Crippen LogP contribution is -2.25. The van der Waals surface area contributed by atoms with E-state index in [0.717, 1.165) is 60.4 Å². The first-order chi connectivity index (χ1) is 20.9. The topological polar surface area (TPSA) is 133 Å². The van der Waals surface area contributed by atoms with Crippen LogP contribution in [-0.2, 0) is 16.0 Å². The number of anilines is 2. The van der Waals surface area contributed by atoms with Gasteiger partial charge in [0.25, 0.3) is 11.6 Å². The maximum Gasteiger partial charge on any atom is 0.270 e. The Kier molecular flexibility index (Phi) is 7.82.